The van der Waals surface area contributed by atoms with Crippen LogP contribution in [0.1, 0.15) is 96.3 Å². The van der Waals surface area contributed by atoms with Gasteiger partial charge < -0.3 is 10.4 Å². The first-order chi connectivity index (χ1) is 13.6. The van der Waals surface area contributed by atoms with Gasteiger partial charge in [0.1, 0.15) is 12.4 Å². The Hall–Kier alpha value is -1.99. The molecule has 0 saturated heterocycles. The minimum absolute atomic E-state index is 0.167. The van der Waals surface area contributed by atoms with E-state index >= 15 is 0 Å². The van der Waals surface area contributed by atoms with Gasteiger partial charge in [-0.25, -0.2) is 0 Å². The van der Waals surface area contributed by atoms with Gasteiger partial charge in [-0.15, -0.1) is 5.11 Å². The Balaban J connectivity index is 3.20. The van der Waals surface area contributed by atoms with E-state index in [1.165, 1.54) is 51.4 Å². The molecule has 28 heavy (non-hydrogen) atoms. The van der Waals surface area contributed by atoms with Crippen LogP contribution in [0.2, 0.25) is 0 Å². The van der Waals surface area contributed by atoms with Gasteiger partial charge >= 0.3 is 5.97 Å². The topological polar surface area (TPSA) is 127 Å². The highest BCUT2D eigenvalue weighted by Crippen LogP contribution is 2.13. The van der Waals surface area contributed by atoms with Crippen molar-refractivity contribution < 1.29 is 14.7 Å². The lowest BCUT2D eigenvalue weighted by atomic mass is 10.0. The highest BCUT2D eigenvalue weighted by atomic mass is 16.4. The average Bonchev–Trinajstić information content (AvgIpc) is 2.67. The molecule has 8 nitrogen and oxygen atoms in total. The number of carboxylic acid groups (broad SMARTS) is 1. The SMILES string of the molecule is CN/N=N\C(=N)CCCCCCCCCCCCCCCC(=O)NCC(=O)O. The van der Waals surface area contributed by atoms with E-state index in [9.17, 15) is 9.59 Å². The van der Waals surface area contributed by atoms with Crippen molar-refractivity contribution in [1.29, 1.82) is 5.41 Å². The summed E-state index contributed by atoms with van der Waals surface area (Å²) in [5, 5.41) is 25.7. The van der Waals surface area contributed by atoms with E-state index in [-0.39, 0.29) is 12.5 Å². The van der Waals surface area contributed by atoms with Crippen LogP contribution in [0.3, 0.4) is 0 Å². The molecule has 0 spiro atoms. The average molecular weight is 398 g/mol. The highest BCUT2D eigenvalue weighted by Gasteiger charge is 2.03. The molecule has 0 aliphatic rings. The molecule has 0 aromatic rings. The first-order valence-corrected chi connectivity index (χ1v) is 10.7. The van der Waals surface area contributed by atoms with Crippen molar-refractivity contribution in [3.63, 3.8) is 0 Å². The molecule has 0 aromatic carbocycles. The minimum Gasteiger partial charge on any atom is -0.480 e. The molecule has 0 saturated carbocycles. The van der Waals surface area contributed by atoms with Gasteiger partial charge in [0.15, 0.2) is 0 Å². The normalized spacial score (nSPS) is 10.9. The van der Waals surface area contributed by atoms with Crippen LogP contribution in [-0.2, 0) is 9.59 Å². The lowest BCUT2D eigenvalue weighted by molar-refractivity contribution is -0.137. The van der Waals surface area contributed by atoms with Gasteiger partial charge in [0.2, 0.25) is 5.91 Å². The molecule has 0 radical (unpaired) electrons. The number of unbranched alkanes of at least 4 members (excludes halogenated alkanes) is 12. The maximum Gasteiger partial charge on any atom is 0.322 e. The van der Waals surface area contributed by atoms with Crippen molar-refractivity contribution in [3.05, 3.63) is 0 Å². The fraction of sp³-hybridized carbons (Fsp3) is 0.850. The minimum atomic E-state index is -1.00. The van der Waals surface area contributed by atoms with Crippen molar-refractivity contribution in [3.8, 4) is 0 Å². The van der Waals surface area contributed by atoms with Crippen molar-refractivity contribution in [2.45, 2.75) is 96.3 Å². The van der Waals surface area contributed by atoms with Crippen LogP contribution in [-0.4, -0.2) is 36.4 Å². The molecule has 0 bridgehead atoms. The molecular weight excluding hydrogens is 358 g/mol. The number of carbonyl (C=O) groups excluding carboxylic acids is 1. The van der Waals surface area contributed by atoms with E-state index in [2.05, 4.69) is 21.1 Å². The van der Waals surface area contributed by atoms with E-state index in [0.29, 0.717) is 18.7 Å². The van der Waals surface area contributed by atoms with Crippen molar-refractivity contribution >= 4 is 17.7 Å². The summed E-state index contributed by atoms with van der Waals surface area (Å²) in [5.41, 5.74) is 2.55. The number of aliphatic carboxylic acids is 1. The van der Waals surface area contributed by atoms with Crippen LogP contribution in [0.15, 0.2) is 10.3 Å². The largest absolute Gasteiger partial charge is 0.480 e. The molecule has 1 amide bonds. The predicted octanol–water partition coefficient (Wildman–Crippen LogP) is 4.60. The molecule has 0 aromatic heterocycles. The second-order valence-electron chi connectivity index (χ2n) is 7.14. The lowest BCUT2D eigenvalue weighted by Gasteiger charge is -2.04. The van der Waals surface area contributed by atoms with Crippen molar-refractivity contribution in [2.75, 3.05) is 13.6 Å². The third-order valence-corrected chi connectivity index (χ3v) is 4.52. The van der Waals surface area contributed by atoms with Crippen LogP contribution in [0.25, 0.3) is 0 Å². The number of amidine groups is 1. The number of amides is 1. The molecule has 162 valence electrons. The molecule has 0 aliphatic carbocycles. The second kappa shape index (κ2) is 19.8. The lowest BCUT2D eigenvalue weighted by Crippen LogP contribution is -2.28. The number of carbonyl (C=O) groups is 2. The predicted molar refractivity (Wildman–Crippen MR) is 112 cm³/mol. The molecule has 8 heteroatoms. The van der Waals surface area contributed by atoms with Gasteiger partial charge in [0.25, 0.3) is 0 Å². The summed E-state index contributed by atoms with van der Waals surface area (Å²) in [5.74, 6) is -0.825. The summed E-state index contributed by atoms with van der Waals surface area (Å²) in [6, 6.07) is 0. The van der Waals surface area contributed by atoms with Gasteiger partial charge in [-0.2, -0.15) is 0 Å². The third-order valence-electron chi connectivity index (χ3n) is 4.52. The van der Waals surface area contributed by atoms with Gasteiger partial charge in [0, 0.05) is 19.9 Å². The van der Waals surface area contributed by atoms with Crippen LogP contribution in [0.5, 0.6) is 0 Å². The Morgan fingerprint density at radius 2 is 1.21 bits per heavy atom. The van der Waals surface area contributed by atoms with E-state index in [0.717, 1.165) is 32.1 Å². The van der Waals surface area contributed by atoms with E-state index in [4.69, 9.17) is 10.5 Å². The molecule has 4 N–H and O–H groups in total. The smallest absolute Gasteiger partial charge is 0.322 e. The third kappa shape index (κ3) is 20.3. The number of hydrogen-bond acceptors (Lipinski definition) is 4. The second-order valence-corrected chi connectivity index (χ2v) is 7.14. The van der Waals surface area contributed by atoms with Crippen LogP contribution in [0, 0.1) is 5.41 Å². The zero-order valence-corrected chi connectivity index (χ0v) is 17.5. The fourth-order valence-electron chi connectivity index (χ4n) is 2.95. The molecular formula is C20H39N5O3. The van der Waals surface area contributed by atoms with E-state index < -0.39 is 5.97 Å². The zero-order chi connectivity index (χ0) is 20.9. The number of rotatable bonds is 19. The molecule has 0 heterocycles. The van der Waals surface area contributed by atoms with Crippen LogP contribution in [0.4, 0.5) is 0 Å². The summed E-state index contributed by atoms with van der Waals surface area (Å²) in [6.07, 6.45) is 16.5. The van der Waals surface area contributed by atoms with Crippen molar-refractivity contribution in [1.82, 2.24) is 10.7 Å². The van der Waals surface area contributed by atoms with E-state index in [1.807, 2.05) is 0 Å². The quantitative estimate of drug-likeness (QED) is 0.0834. The molecule has 0 unspecified atom stereocenters. The number of carboxylic acids is 1. The van der Waals surface area contributed by atoms with Gasteiger partial charge in [-0.05, 0) is 12.8 Å². The number of hydrogen-bond donors (Lipinski definition) is 4. The monoisotopic (exact) mass is 397 g/mol. The Kier molecular flexibility index (Phi) is 18.4. The molecule has 0 rings (SSSR count). The first kappa shape index (κ1) is 26.0. The summed E-state index contributed by atoms with van der Waals surface area (Å²) in [6.45, 7) is -0.284. The van der Waals surface area contributed by atoms with E-state index in [1.54, 1.807) is 7.05 Å². The number of nitrogens with zero attached hydrogens (tertiary/aromatic N) is 2. The van der Waals surface area contributed by atoms with Crippen LogP contribution < -0.4 is 10.7 Å². The van der Waals surface area contributed by atoms with Crippen LogP contribution >= 0.6 is 0 Å². The highest BCUT2D eigenvalue weighted by molar-refractivity contribution is 5.81. The fourth-order valence-corrected chi connectivity index (χ4v) is 2.95. The number of nitrogens with one attached hydrogen (secondary N) is 3. The summed E-state index contributed by atoms with van der Waals surface area (Å²) in [4.78, 5) is 21.7. The molecule has 0 aliphatic heterocycles. The Morgan fingerprint density at radius 3 is 1.64 bits per heavy atom. The summed E-state index contributed by atoms with van der Waals surface area (Å²) in [7, 11) is 1.67. The maximum absolute atomic E-state index is 11.3. The Bertz CT molecular complexity index is 455. The van der Waals surface area contributed by atoms with Gasteiger partial charge in [-0.3, -0.25) is 20.4 Å². The molecule has 0 fully saturated rings. The van der Waals surface area contributed by atoms with Crippen molar-refractivity contribution in [2.24, 2.45) is 10.3 Å². The van der Waals surface area contributed by atoms with Gasteiger partial charge in [0.05, 0.1) is 0 Å². The zero-order valence-electron chi connectivity index (χ0n) is 17.5. The first-order valence-electron chi connectivity index (χ1n) is 10.7. The summed E-state index contributed by atoms with van der Waals surface area (Å²) >= 11 is 0. The Morgan fingerprint density at radius 1 is 0.786 bits per heavy atom. The van der Waals surface area contributed by atoms with Gasteiger partial charge in [-0.1, -0.05) is 75.9 Å². The summed E-state index contributed by atoms with van der Waals surface area (Å²) < 4.78 is 0. The standard InChI is InChI=1S/C20H39N5O3/c1-22-25-24-18(21)15-13-11-9-7-5-3-2-4-6-8-10-12-14-16-19(26)23-17-20(27)28/h2-17H2,1H3,(H,23,26)(H,27,28)(H2,21,22,24). The molecule has 0 atom stereocenters. The maximum atomic E-state index is 11.3. The Labute approximate surface area is 169 Å².